The number of piperidine rings is 1. The molecule has 0 unspecified atom stereocenters. The van der Waals surface area contributed by atoms with E-state index in [2.05, 4.69) is 4.98 Å². The largest absolute Gasteiger partial charge is 0.497 e. The van der Waals surface area contributed by atoms with Crippen LogP contribution < -0.4 is 14.2 Å². The number of nitrogens with zero attached hydrogens (tertiary/aromatic N) is 2. The van der Waals surface area contributed by atoms with E-state index < -0.39 is 0 Å². The highest BCUT2D eigenvalue weighted by Crippen LogP contribution is 2.22. The Hall–Kier alpha value is -3.94. The number of rotatable bonds is 10. The van der Waals surface area contributed by atoms with Crippen LogP contribution in [-0.4, -0.2) is 54.5 Å². The molecule has 3 aromatic rings. The first kappa shape index (κ1) is 25.2. The third-order valence-corrected chi connectivity index (χ3v) is 6.02. The van der Waals surface area contributed by atoms with Gasteiger partial charge in [-0.3, -0.25) is 14.6 Å². The molecule has 0 aliphatic carbocycles. The van der Waals surface area contributed by atoms with Crippen LogP contribution in [0, 0.1) is 5.82 Å². The van der Waals surface area contributed by atoms with Crippen molar-refractivity contribution in [2.75, 3.05) is 26.8 Å². The summed E-state index contributed by atoms with van der Waals surface area (Å²) in [4.78, 5) is 31.3. The van der Waals surface area contributed by atoms with Crippen LogP contribution in [0.5, 0.6) is 17.2 Å². The molecule has 188 valence electrons. The molecule has 1 aliphatic rings. The van der Waals surface area contributed by atoms with E-state index >= 15 is 0 Å². The quantitative estimate of drug-likeness (QED) is 0.294. The van der Waals surface area contributed by atoms with Gasteiger partial charge in [-0.05, 0) is 67.1 Å². The standard InChI is InChI=1S/C28H29FN2O5/c1-34-22-9-11-24(12-10-22)36-25-14-16-31(17-15-25)28(33)20-4-13-26(30-19-20)27(32)3-2-18-35-23-7-5-21(29)6-8-23/h4-13,19,25H,2-3,14-18H2,1H3. The number of benzene rings is 2. The summed E-state index contributed by atoms with van der Waals surface area (Å²) in [6, 6.07) is 16.5. The van der Waals surface area contributed by atoms with Gasteiger partial charge in [0, 0.05) is 38.5 Å². The zero-order valence-electron chi connectivity index (χ0n) is 20.2. The van der Waals surface area contributed by atoms with E-state index in [4.69, 9.17) is 14.2 Å². The van der Waals surface area contributed by atoms with Gasteiger partial charge in [-0.15, -0.1) is 0 Å². The number of hydrogen-bond acceptors (Lipinski definition) is 6. The molecule has 1 aliphatic heterocycles. The summed E-state index contributed by atoms with van der Waals surface area (Å²) in [6.07, 6.45) is 3.76. The van der Waals surface area contributed by atoms with Gasteiger partial charge in [-0.1, -0.05) is 0 Å². The Balaban J connectivity index is 1.20. The second-order valence-electron chi connectivity index (χ2n) is 8.55. The Labute approximate surface area is 209 Å². The Bertz CT molecular complexity index is 1140. The van der Waals surface area contributed by atoms with Crippen LogP contribution in [0.3, 0.4) is 0 Å². The third kappa shape index (κ3) is 6.81. The van der Waals surface area contributed by atoms with Gasteiger partial charge >= 0.3 is 0 Å². The zero-order valence-corrected chi connectivity index (χ0v) is 20.2. The Morgan fingerprint density at radius 1 is 0.944 bits per heavy atom. The fourth-order valence-corrected chi connectivity index (χ4v) is 3.97. The predicted octanol–water partition coefficient (Wildman–Crippen LogP) is 4.95. The van der Waals surface area contributed by atoms with Crippen molar-refractivity contribution in [1.29, 1.82) is 0 Å². The van der Waals surface area contributed by atoms with Crippen molar-refractivity contribution >= 4 is 11.7 Å². The van der Waals surface area contributed by atoms with E-state index in [1.807, 2.05) is 24.3 Å². The molecule has 0 N–H and O–H groups in total. The number of amides is 1. The number of ketones is 1. The topological polar surface area (TPSA) is 78.0 Å². The predicted molar refractivity (Wildman–Crippen MR) is 132 cm³/mol. The van der Waals surface area contributed by atoms with Crippen molar-refractivity contribution in [1.82, 2.24) is 9.88 Å². The molecular formula is C28H29FN2O5. The van der Waals surface area contributed by atoms with Crippen molar-refractivity contribution in [3.8, 4) is 17.2 Å². The van der Waals surface area contributed by atoms with E-state index in [-0.39, 0.29) is 30.0 Å². The fourth-order valence-electron chi connectivity index (χ4n) is 3.97. The summed E-state index contributed by atoms with van der Waals surface area (Å²) >= 11 is 0. The minimum absolute atomic E-state index is 0.0487. The highest BCUT2D eigenvalue weighted by molar-refractivity contribution is 5.97. The highest BCUT2D eigenvalue weighted by Gasteiger charge is 2.25. The smallest absolute Gasteiger partial charge is 0.255 e. The summed E-state index contributed by atoms with van der Waals surface area (Å²) in [7, 11) is 1.62. The van der Waals surface area contributed by atoms with Gasteiger partial charge in [0.15, 0.2) is 5.78 Å². The summed E-state index contributed by atoms with van der Waals surface area (Å²) in [5.41, 5.74) is 0.778. The average molecular weight is 493 g/mol. The van der Waals surface area contributed by atoms with Gasteiger partial charge in [0.05, 0.1) is 19.3 Å². The highest BCUT2D eigenvalue weighted by atomic mass is 19.1. The minimum Gasteiger partial charge on any atom is -0.497 e. The van der Waals surface area contributed by atoms with E-state index in [9.17, 15) is 14.0 Å². The van der Waals surface area contributed by atoms with Crippen molar-refractivity contribution in [2.24, 2.45) is 0 Å². The number of pyridine rings is 1. The Kier molecular flexibility index (Phi) is 8.49. The molecule has 0 atom stereocenters. The summed E-state index contributed by atoms with van der Waals surface area (Å²) < 4.78 is 29.6. The van der Waals surface area contributed by atoms with Gasteiger partial charge in [-0.25, -0.2) is 4.39 Å². The van der Waals surface area contributed by atoms with Gasteiger partial charge in [-0.2, -0.15) is 0 Å². The van der Waals surface area contributed by atoms with Gasteiger partial charge in [0.1, 0.15) is 34.9 Å². The SMILES string of the molecule is COc1ccc(OC2CCN(C(=O)c3ccc(C(=O)CCCOc4ccc(F)cc4)nc3)CC2)cc1. The molecule has 0 saturated carbocycles. The van der Waals surface area contributed by atoms with Crippen LogP contribution in [0.25, 0.3) is 0 Å². The van der Waals surface area contributed by atoms with Crippen LogP contribution in [0.4, 0.5) is 4.39 Å². The number of aromatic nitrogens is 1. The second-order valence-corrected chi connectivity index (χ2v) is 8.55. The summed E-state index contributed by atoms with van der Waals surface area (Å²) in [5, 5.41) is 0. The van der Waals surface area contributed by atoms with E-state index in [1.54, 1.807) is 36.3 Å². The second kappa shape index (κ2) is 12.2. The molecule has 7 nitrogen and oxygen atoms in total. The molecule has 2 aromatic carbocycles. The number of Topliss-reactive ketones (excluding diaryl/α,β-unsaturated/α-hetero) is 1. The molecule has 1 aromatic heterocycles. The van der Waals surface area contributed by atoms with Crippen LogP contribution in [0.1, 0.15) is 46.5 Å². The third-order valence-electron chi connectivity index (χ3n) is 6.02. The lowest BCUT2D eigenvalue weighted by Crippen LogP contribution is -2.41. The van der Waals surface area contributed by atoms with E-state index in [0.717, 1.165) is 24.3 Å². The molecule has 36 heavy (non-hydrogen) atoms. The van der Waals surface area contributed by atoms with Crippen molar-refractivity contribution in [2.45, 2.75) is 31.8 Å². The molecule has 0 bridgehead atoms. The molecule has 1 fully saturated rings. The minimum atomic E-state index is -0.325. The molecule has 2 heterocycles. The first-order valence-corrected chi connectivity index (χ1v) is 12.0. The molecule has 1 amide bonds. The number of methoxy groups -OCH3 is 1. The number of ether oxygens (including phenoxy) is 3. The van der Waals surface area contributed by atoms with Gasteiger partial charge in [0.25, 0.3) is 5.91 Å². The Morgan fingerprint density at radius 2 is 1.61 bits per heavy atom. The monoisotopic (exact) mass is 492 g/mol. The van der Waals surface area contributed by atoms with Gasteiger partial charge < -0.3 is 19.1 Å². The Morgan fingerprint density at radius 3 is 2.25 bits per heavy atom. The molecule has 8 heteroatoms. The maximum Gasteiger partial charge on any atom is 0.255 e. The van der Waals surface area contributed by atoms with Crippen molar-refractivity contribution in [3.05, 3.63) is 83.9 Å². The maximum absolute atomic E-state index is 12.9. The zero-order chi connectivity index (χ0) is 25.3. The lowest BCUT2D eigenvalue weighted by Gasteiger charge is -2.32. The van der Waals surface area contributed by atoms with Crippen LogP contribution in [-0.2, 0) is 0 Å². The van der Waals surface area contributed by atoms with Crippen LogP contribution in [0.2, 0.25) is 0 Å². The van der Waals surface area contributed by atoms with Crippen LogP contribution >= 0.6 is 0 Å². The fraction of sp³-hybridized carbons (Fsp3) is 0.321. The molecular weight excluding hydrogens is 463 g/mol. The number of carbonyl (C=O) groups excluding carboxylic acids is 2. The lowest BCUT2D eigenvalue weighted by atomic mass is 10.1. The van der Waals surface area contributed by atoms with E-state index in [0.29, 0.717) is 43.1 Å². The molecule has 1 saturated heterocycles. The summed E-state index contributed by atoms with van der Waals surface area (Å²) in [6.45, 7) is 1.52. The average Bonchev–Trinajstić information content (AvgIpc) is 2.92. The summed E-state index contributed by atoms with van der Waals surface area (Å²) in [5.74, 6) is 1.58. The normalized spacial score (nSPS) is 13.8. The lowest BCUT2D eigenvalue weighted by molar-refractivity contribution is 0.0594. The van der Waals surface area contributed by atoms with Crippen molar-refractivity contribution < 1.29 is 28.2 Å². The first-order valence-electron chi connectivity index (χ1n) is 12.0. The first-order chi connectivity index (χ1) is 17.5. The number of carbonyl (C=O) groups is 2. The van der Waals surface area contributed by atoms with Crippen LogP contribution in [0.15, 0.2) is 66.9 Å². The van der Waals surface area contributed by atoms with Gasteiger partial charge in [0.2, 0.25) is 0 Å². The maximum atomic E-state index is 12.9. The number of likely N-dealkylation sites (tertiary alicyclic amines) is 1. The number of hydrogen-bond donors (Lipinski definition) is 0. The van der Waals surface area contributed by atoms with Crippen molar-refractivity contribution in [3.63, 3.8) is 0 Å². The number of halogens is 1. The molecule has 0 radical (unpaired) electrons. The molecule has 4 rings (SSSR count). The molecule has 0 spiro atoms. The van der Waals surface area contributed by atoms with E-state index in [1.165, 1.54) is 18.3 Å².